The summed E-state index contributed by atoms with van der Waals surface area (Å²) in [5.41, 5.74) is 0. The van der Waals surface area contributed by atoms with E-state index in [4.69, 9.17) is 11.6 Å². The van der Waals surface area contributed by atoms with Crippen molar-refractivity contribution < 1.29 is 13.2 Å². The van der Waals surface area contributed by atoms with E-state index in [1.807, 2.05) is 4.90 Å². The third-order valence-corrected chi connectivity index (χ3v) is 7.26. The van der Waals surface area contributed by atoms with Gasteiger partial charge in [0.25, 0.3) is 0 Å². The van der Waals surface area contributed by atoms with E-state index in [9.17, 15) is 13.2 Å². The Morgan fingerprint density at radius 1 is 1.22 bits per heavy atom. The molecule has 1 amide bonds. The first-order valence-corrected chi connectivity index (χ1v) is 10.3. The molecule has 0 aliphatic carbocycles. The molecule has 2 heterocycles. The van der Waals surface area contributed by atoms with Gasteiger partial charge in [-0.2, -0.15) is 4.31 Å². The standard InChI is InChI=1S/C15H18BrClN2O3S/c16-11-5-6-14(13(17)9-11)23(21,22)18-7-1-3-12(10-18)19-8-2-4-15(19)20/h5-6,9,12H,1-4,7-8,10H2. The Morgan fingerprint density at radius 2 is 2.00 bits per heavy atom. The molecule has 1 atom stereocenters. The molecule has 0 aromatic heterocycles. The molecule has 0 spiro atoms. The van der Waals surface area contributed by atoms with Crippen molar-refractivity contribution in [3.63, 3.8) is 0 Å². The molecule has 2 aliphatic rings. The predicted octanol–water partition coefficient (Wildman–Crippen LogP) is 2.88. The SMILES string of the molecule is O=C1CCCN1C1CCCN(S(=O)(=O)c2ccc(Br)cc2Cl)C1. The molecule has 3 rings (SSSR count). The molecule has 2 aliphatic heterocycles. The van der Waals surface area contributed by atoms with Crippen LogP contribution in [0.2, 0.25) is 5.02 Å². The van der Waals surface area contributed by atoms with Crippen molar-refractivity contribution in [2.45, 2.75) is 36.6 Å². The molecule has 0 radical (unpaired) electrons. The van der Waals surface area contributed by atoms with Crippen LogP contribution < -0.4 is 0 Å². The van der Waals surface area contributed by atoms with Gasteiger partial charge in [0.2, 0.25) is 15.9 Å². The molecule has 23 heavy (non-hydrogen) atoms. The van der Waals surface area contributed by atoms with Crippen molar-refractivity contribution in [2.24, 2.45) is 0 Å². The van der Waals surface area contributed by atoms with Crippen LogP contribution in [0.3, 0.4) is 0 Å². The summed E-state index contributed by atoms with van der Waals surface area (Å²) >= 11 is 9.40. The van der Waals surface area contributed by atoms with Gasteiger partial charge in [0.15, 0.2) is 0 Å². The molecule has 0 saturated carbocycles. The average molecular weight is 422 g/mol. The van der Waals surface area contributed by atoms with E-state index < -0.39 is 10.0 Å². The maximum absolute atomic E-state index is 12.9. The number of piperidine rings is 1. The maximum Gasteiger partial charge on any atom is 0.244 e. The molecular weight excluding hydrogens is 404 g/mol. The first-order valence-electron chi connectivity index (χ1n) is 7.64. The number of sulfonamides is 1. The zero-order valence-electron chi connectivity index (χ0n) is 12.5. The second kappa shape index (κ2) is 6.70. The molecule has 0 N–H and O–H groups in total. The highest BCUT2D eigenvalue weighted by atomic mass is 79.9. The number of benzene rings is 1. The molecule has 5 nitrogen and oxygen atoms in total. The van der Waals surface area contributed by atoms with Gasteiger partial charge in [-0.25, -0.2) is 8.42 Å². The maximum atomic E-state index is 12.9. The number of hydrogen-bond acceptors (Lipinski definition) is 3. The molecular formula is C15H18BrClN2O3S. The van der Waals surface area contributed by atoms with E-state index >= 15 is 0 Å². The number of carbonyl (C=O) groups excluding carboxylic acids is 1. The number of amides is 1. The van der Waals surface area contributed by atoms with Crippen molar-refractivity contribution >= 4 is 43.5 Å². The lowest BCUT2D eigenvalue weighted by atomic mass is 10.1. The smallest absolute Gasteiger partial charge is 0.244 e. The summed E-state index contributed by atoms with van der Waals surface area (Å²) in [7, 11) is -3.65. The molecule has 1 unspecified atom stereocenters. The van der Waals surface area contributed by atoms with Gasteiger partial charge in [0, 0.05) is 36.6 Å². The molecule has 2 fully saturated rings. The summed E-state index contributed by atoms with van der Waals surface area (Å²) < 4.78 is 28.0. The Morgan fingerprint density at radius 3 is 2.65 bits per heavy atom. The summed E-state index contributed by atoms with van der Waals surface area (Å²) in [6.07, 6.45) is 3.04. The molecule has 126 valence electrons. The fourth-order valence-corrected chi connectivity index (χ4v) is 5.80. The third-order valence-electron chi connectivity index (χ3n) is 4.42. The highest BCUT2D eigenvalue weighted by Crippen LogP contribution is 2.30. The van der Waals surface area contributed by atoms with Gasteiger partial charge in [-0.1, -0.05) is 27.5 Å². The third kappa shape index (κ3) is 3.43. The molecule has 2 saturated heterocycles. The van der Waals surface area contributed by atoms with Gasteiger partial charge < -0.3 is 4.90 Å². The first kappa shape index (κ1) is 17.2. The van der Waals surface area contributed by atoms with Gasteiger partial charge in [0.05, 0.1) is 5.02 Å². The zero-order chi connectivity index (χ0) is 16.6. The van der Waals surface area contributed by atoms with E-state index in [1.165, 1.54) is 10.4 Å². The minimum atomic E-state index is -3.65. The number of nitrogens with zero attached hydrogens (tertiary/aromatic N) is 2. The van der Waals surface area contributed by atoms with Crippen LogP contribution in [-0.2, 0) is 14.8 Å². The number of hydrogen-bond donors (Lipinski definition) is 0. The number of halogens is 2. The highest BCUT2D eigenvalue weighted by molar-refractivity contribution is 9.10. The minimum Gasteiger partial charge on any atom is -0.338 e. The number of carbonyl (C=O) groups is 1. The Kier molecular flexibility index (Phi) is 5.01. The highest BCUT2D eigenvalue weighted by Gasteiger charge is 2.36. The van der Waals surface area contributed by atoms with Gasteiger partial charge in [-0.3, -0.25) is 4.79 Å². The van der Waals surface area contributed by atoms with E-state index in [1.54, 1.807) is 12.1 Å². The Balaban J connectivity index is 1.83. The van der Waals surface area contributed by atoms with Crippen LogP contribution >= 0.6 is 27.5 Å². The Hall–Kier alpha value is -0.630. The molecule has 0 bridgehead atoms. The van der Waals surface area contributed by atoms with Gasteiger partial charge in [-0.05, 0) is 37.5 Å². The van der Waals surface area contributed by atoms with Gasteiger partial charge in [-0.15, -0.1) is 0 Å². The van der Waals surface area contributed by atoms with Gasteiger partial charge in [0.1, 0.15) is 4.90 Å². The van der Waals surface area contributed by atoms with E-state index in [0.29, 0.717) is 19.5 Å². The van der Waals surface area contributed by atoms with Crippen LogP contribution in [0.4, 0.5) is 0 Å². The van der Waals surface area contributed by atoms with Crippen LogP contribution in [0.15, 0.2) is 27.6 Å². The summed E-state index contributed by atoms with van der Waals surface area (Å²) in [6, 6.07) is 4.75. The van der Waals surface area contributed by atoms with Crippen LogP contribution in [0.1, 0.15) is 25.7 Å². The van der Waals surface area contributed by atoms with E-state index in [-0.39, 0.29) is 21.9 Å². The quantitative estimate of drug-likeness (QED) is 0.754. The average Bonchev–Trinajstić information content (AvgIpc) is 2.93. The molecule has 1 aromatic rings. The van der Waals surface area contributed by atoms with Gasteiger partial charge >= 0.3 is 0 Å². The monoisotopic (exact) mass is 420 g/mol. The largest absolute Gasteiger partial charge is 0.338 e. The fraction of sp³-hybridized carbons (Fsp3) is 0.533. The molecule has 8 heteroatoms. The topological polar surface area (TPSA) is 57.7 Å². The summed E-state index contributed by atoms with van der Waals surface area (Å²) in [6.45, 7) is 1.55. The molecule has 1 aromatic carbocycles. The van der Waals surface area contributed by atoms with Crippen LogP contribution in [-0.4, -0.2) is 49.2 Å². The van der Waals surface area contributed by atoms with E-state index in [0.717, 1.165) is 30.3 Å². The van der Waals surface area contributed by atoms with Crippen molar-refractivity contribution in [1.82, 2.24) is 9.21 Å². The van der Waals surface area contributed by atoms with E-state index in [2.05, 4.69) is 15.9 Å². The lowest BCUT2D eigenvalue weighted by Gasteiger charge is -2.37. The van der Waals surface area contributed by atoms with Crippen molar-refractivity contribution in [3.8, 4) is 0 Å². The summed E-state index contributed by atoms with van der Waals surface area (Å²) in [4.78, 5) is 13.9. The second-order valence-corrected chi connectivity index (χ2v) is 9.15. The van der Waals surface area contributed by atoms with Crippen molar-refractivity contribution in [1.29, 1.82) is 0 Å². The zero-order valence-corrected chi connectivity index (χ0v) is 15.7. The predicted molar refractivity (Wildman–Crippen MR) is 91.9 cm³/mol. The Bertz CT molecular complexity index is 725. The van der Waals surface area contributed by atoms with Crippen molar-refractivity contribution in [2.75, 3.05) is 19.6 Å². The normalized spacial score (nSPS) is 23.5. The van der Waals surface area contributed by atoms with Crippen LogP contribution in [0, 0.1) is 0 Å². The lowest BCUT2D eigenvalue weighted by Crippen LogP contribution is -2.50. The summed E-state index contributed by atoms with van der Waals surface area (Å²) in [5, 5.41) is 0.207. The minimum absolute atomic E-state index is 0.0252. The second-order valence-electron chi connectivity index (χ2n) is 5.92. The van der Waals surface area contributed by atoms with Crippen LogP contribution in [0.5, 0.6) is 0 Å². The number of likely N-dealkylation sites (tertiary alicyclic amines) is 1. The lowest BCUT2D eigenvalue weighted by molar-refractivity contribution is -0.130. The number of rotatable bonds is 3. The summed E-state index contributed by atoms with van der Waals surface area (Å²) in [5.74, 6) is 0.135. The Labute approximate surface area is 149 Å². The van der Waals surface area contributed by atoms with Crippen molar-refractivity contribution in [3.05, 3.63) is 27.7 Å². The first-order chi connectivity index (χ1) is 10.9. The fourth-order valence-electron chi connectivity index (χ4n) is 3.27. The van der Waals surface area contributed by atoms with Crippen LogP contribution in [0.25, 0.3) is 0 Å².